The summed E-state index contributed by atoms with van der Waals surface area (Å²) in [6.07, 6.45) is 2.13. The van der Waals surface area contributed by atoms with Crippen molar-refractivity contribution < 1.29 is 14.3 Å². The van der Waals surface area contributed by atoms with Gasteiger partial charge in [0.1, 0.15) is 5.82 Å². The molecule has 1 aliphatic rings. The molecule has 1 aromatic carbocycles. The van der Waals surface area contributed by atoms with Crippen LogP contribution in [-0.4, -0.2) is 42.2 Å². The smallest absolute Gasteiger partial charge is 0.317 e. The lowest BCUT2D eigenvalue weighted by atomic mass is 9.97. The average molecular weight is 315 g/mol. The molecule has 0 spiro atoms. The minimum Gasteiger partial charge on any atom is -0.480 e. The van der Waals surface area contributed by atoms with E-state index in [-0.39, 0.29) is 12.4 Å². The number of carboxylic acids is 1. The highest BCUT2D eigenvalue weighted by atomic mass is 35.5. The van der Waals surface area contributed by atoms with Crippen molar-refractivity contribution in [2.75, 3.05) is 26.2 Å². The van der Waals surface area contributed by atoms with Gasteiger partial charge in [0.2, 0.25) is 0 Å². The van der Waals surface area contributed by atoms with Gasteiger partial charge in [-0.15, -0.1) is 0 Å². The molecule has 2 N–H and O–H groups in total. The fourth-order valence-electron chi connectivity index (χ4n) is 2.74. The predicted molar refractivity (Wildman–Crippen MR) is 79.9 cm³/mol. The lowest BCUT2D eigenvalue weighted by Crippen LogP contribution is -2.40. The Bertz CT molecular complexity index is 499. The number of hydrogen-bond donors (Lipinski definition) is 2. The van der Waals surface area contributed by atoms with Gasteiger partial charge in [-0.05, 0) is 44.0 Å². The molecule has 1 aromatic rings. The Morgan fingerprint density at radius 1 is 1.52 bits per heavy atom. The van der Waals surface area contributed by atoms with Gasteiger partial charge in [-0.2, -0.15) is 0 Å². The number of rotatable bonds is 6. The SMILES string of the molecule is O=C(O)CNCC1CCCN(Cc2ccc(Cl)cc2F)C1. The van der Waals surface area contributed by atoms with E-state index < -0.39 is 5.97 Å². The topological polar surface area (TPSA) is 52.6 Å². The molecule has 0 aliphatic carbocycles. The summed E-state index contributed by atoms with van der Waals surface area (Å²) in [5.41, 5.74) is 0.651. The van der Waals surface area contributed by atoms with Gasteiger partial charge < -0.3 is 10.4 Å². The van der Waals surface area contributed by atoms with Gasteiger partial charge in [0.25, 0.3) is 0 Å². The summed E-state index contributed by atoms with van der Waals surface area (Å²) < 4.78 is 13.8. The van der Waals surface area contributed by atoms with Gasteiger partial charge in [0.05, 0.1) is 6.54 Å². The molecule has 0 radical (unpaired) electrons. The number of carbonyl (C=O) groups is 1. The zero-order valence-electron chi connectivity index (χ0n) is 11.8. The number of likely N-dealkylation sites (tertiary alicyclic amines) is 1. The van der Waals surface area contributed by atoms with Crippen molar-refractivity contribution in [3.8, 4) is 0 Å². The van der Waals surface area contributed by atoms with Crippen LogP contribution in [0.15, 0.2) is 18.2 Å². The van der Waals surface area contributed by atoms with E-state index in [9.17, 15) is 9.18 Å². The van der Waals surface area contributed by atoms with Gasteiger partial charge in [0, 0.05) is 23.7 Å². The normalized spacial score (nSPS) is 19.6. The Labute approximate surface area is 128 Å². The molecule has 1 saturated heterocycles. The van der Waals surface area contributed by atoms with Crippen LogP contribution in [0.2, 0.25) is 5.02 Å². The fourth-order valence-corrected chi connectivity index (χ4v) is 2.89. The molecule has 1 fully saturated rings. The van der Waals surface area contributed by atoms with Crippen LogP contribution < -0.4 is 5.32 Å². The Balaban J connectivity index is 1.84. The molecule has 1 atom stereocenters. The number of nitrogens with zero attached hydrogens (tertiary/aromatic N) is 1. The zero-order valence-corrected chi connectivity index (χ0v) is 12.6. The molecule has 0 saturated carbocycles. The van der Waals surface area contributed by atoms with Crippen molar-refractivity contribution in [2.45, 2.75) is 19.4 Å². The highest BCUT2D eigenvalue weighted by Gasteiger charge is 2.20. The van der Waals surface area contributed by atoms with E-state index in [0.29, 0.717) is 29.6 Å². The maximum Gasteiger partial charge on any atom is 0.317 e. The highest BCUT2D eigenvalue weighted by Crippen LogP contribution is 2.21. The second kappa shape index (κ2) is 7.73. The summed E-state index contributed by atoms with van der Waals surface area (Å²) in [5.74, 6) is -0.701. The first-order chi connectivity index (χ1) is 10.0. The molecule has 0 aromatic heterocycles. The van der Waals surface area contributed by atoms with E-state index >= 15 is 0 Å². The largest absolute Gasteiger partial charge is 0.480 e. The van der Waals surface area contributed by atoms with Crippen LogP contribution in [0.5, 0.6) is 0 Å². The lowest BCUT2D eigenvalue weighted by Gasteiger charge is -2.32. The molecular weight excluding hydrogens is 295 g/mol. The van der Waals surface area contributed by atoms with Crippen LogP contribution in [0.4, 0.5) is 4.39 Å². The van der Waals surface area contributed by atoms with Crippen LogP contribution in [0.3, 0.4) is 0 Å². The quantitative estimate of drug-likeness (QED) is 0.846. The third kappa shape index (κ3) is 5.26. The average Bonchev–Trinajstić information content (AvgIpc) is 2.42. The predicted octanol–water partition coefficient (Wildman–Crippen LogP) is 2.37. The molecule has 0 amide bonds. The van der Waals surface area contributed by atoms with Crippen LogP contribution >= 0.6 is 11.6 Å². The van der Waals surface area contributed by atoms with Gasteiger partial charge in [-0.3, -0.25) is 9.69 Å². The van der Waals surface area contributed by atoms with E-state index in [1.54, 1.807) is 12.1 Å². The number of hydrogen-bond acceptors (Lipinski definition) is 3. The van der Waals surface area contributed by atoms with Gasteiger partial charge >= 0.3 is 5.97 Å². The summed E-state index contributed by atoms with van der Waals surface area (Å²) >= 11 is 5.76. The molecule has 2 rings (SSSR count). The fraction of sp³-hybridized carbons (Fsp3) is 0.533. The van der Waals surface area contributed by atoms with Crippen LogP contribution in [-0.2, 0) is 11.3 Å². The molecule has 21 heavy (non-hydrogen) atoms. The molecule has 116 valence electrons. The number of halogens is 2. The van der Waals surface area contributed by atoms with E-state index in [1.165, 1.54) is 6.07 Å². The highest BCUT2D eigenvalue weighted by molar-refractivity contribution is 6.30. The molecule has 1 heterocycles. The van der Waals surface area contributed by atoms with Gasteiger partial charge in [-0.25, -0.2) is 4.39 Å². The van der Waals surface area contributed by atoms with E-state index in [1.807, 2.05) is 0 Å². The second-order valence-electron chi connectivity index (χ2n) is 5.50. The van der Waals surface area contributed by atoms with Crippen molar-refractivity contribution in [1.29, 1.82) is 0 Å². The maximum atomic E-state index is 13.8. The summed E-state index contributed by atoms with van der Waals surface area (Å²) in [7, 11) is 0. The number of benzene rings is 1. The minimum atomic E-state index is -0.842. The maximum absolute atomic E-state index is 13.8. The monoisotopic (exact) mass is 314 g/mol. The molecule has 0 bridgehead atoms. The number of carboxylic acid groups (broad SMARTS) is 1. The van der Waals surface area contributed by atoms with E-state index in [4.69, 9.17) is 16.7 Å². The third-order valence-electron chi connectivity index (χ3n) is 3.72. The van der Waals surface area contributed by atoms with Crippen molar-refractivity contribution in [3.05, 3.63) is 34.6 Å². The summed E-state index contributed by atoms with van der Waals surface area (Å²) in [5, 5.41) is 12.0. The Kier molecular flexibility index (Phi) is 5.96. The molecule has 4 nitrogen and oxygen atoms in total. The standard InChI is InChI=1S/C15H20ClFN2O2/c16-13-4-3-12(14(17)6-13)10-19-5-1-2-11(9-19)7-18-8-15(20)21/h3-4,6,11,18H,1-2,5,7-10H2,(H,20,21). The number of aliphatic carboxylic acids is 1. The summed E-state index contributed by atoms with van der Waals surface area (Å²) in [4.78, 5) is 12.7. The molecule has 1 aliphatic heterocycles. The summed E-state index contributed by atoms with van der Waals surface area (Å²) in [6.45, 7) is 3.04. The Hall–Kier alpha value is -1.17. The van der Waals surface area contributed by atoms with Crippen molar-refractivity contribution in [2.24, 2.45) is 5.92 Å². The van der Waals surface area contributed by atoms with Gasteiger partial charge in [-0.1, -0.05) is 17.7 Å². The lowest BCUT2D eigenvalue weighted by molar-refractivity contribution is -0.136. The molecule has 6 heteroatoms. The van der Waals surface area contributed by atoms with Crippen molar-refractivity contribution in [1.82, 2.24) is 10.2 Å². The first-order valence-electron chi connectivity index (χ1n) is 7.13. The number of piperidine rings is 1. The molecule has 1 unspecified atom stereocenters. The van der Waals surface area contributed by atoms with Crippen LogP contribution in [0, 0.1) is 11.7 Å². The Morgan fingerprint density at radius 2 is 2.33 bits per heavy atom. The minimum absolute atomic E-state index is 0.0116. The third-order valence-corrected chi connectivity index (χ3v) is 3.96. The number of nitrogens with one attached hydrogen (secondary N) is 1. The summed E-state index contributed by atoms with van der Waals surface area (Å²) in [6, 6.07) is 4.77. The second-order valence-corrected chi connectivity index (χ2v) is 5.94. The van der Waals surface area contributed by atoms with E-state index in [2.05, 4.69) is 10.2 Å². The van der Waals surface area contributed by atoms with Crippen molar-refractivity contribution >= 4 is 17.6 Å². The van der Waals surface area contributed by atoms with Gasteiger partial charge in [0.15, 0.2) is 0 Å². The Morgan fingerprint density at radius 3 is 3.05 bits per heavy atom. The first kappa shape index (κ1) is 16.2. The van der Waals surface area contributed by atoms with E-state index in [0.717, 1.165) is 25.9 Å². The van der Waals surface area contributed by atoms with Crippen LogP contribution in [0.25, 0.3) is 0 Å². The van der Waals surface area contributed by atoms with Crippen molar-refractivity contribution in [3.63, 3.8) is 0 Å². The molecular formula is C15H20ClFN2O2. The van der Waals surface area contributed by atoms with Crippen LogP contribution in [0.1, 0.15) is 18.4 Å². The zero-order chi connectivity index (χ0) is 15.2. The first-order valence-corrected chi connectivity index (χ1v) is 7.51.